The van der Waals surface area contributed by atoms with Crippen LogP contribution in [0.25, 0.3) is 22.5 Å². The Kier molecular flexibility index (Phi) is 10.5. The SMILES string of the molecule is CCCCCCCCc1ccc(-c2cnc(-c3ccc(CCCCCC)c(F)c3)nc2)cc1. The van der Waals surface area contributed by atoms with E-state index in [2.05, 4.69) is 48.1 Å². The van der Waals surface area contributed by atoms with Gasteiger partial charge in [-0.3, -0.25) is 0 Å². The van der Waals surface area contributed by atoms with Gasteiger partial charge >= 0.3 is 0 Å². The van der Waals surface area contributed by atoms with E-state index in [0.717, 1.165) is 47.9 Å². The van der Waals surface area contributed by atoms with Crippen molar-refractivity contribution in [1.82, 2.24) is 9.97 Å². The first-order chi connectivity index (χ1) is 16.2. The number of hydrogen-bond donors (Lipinski definition) is 0. The number of nitrogens with zero attached hydrogens (tertiary/aromatic N) is 2. The monoisotopic (exact) mass is 446 g/mol. The van der Waals surface area contributed by atoms with E-state index in [1.807, 2.05) is 24.5 Å². The largest absolute Gasteiger partial charge is 0.236 e. The lowest BCUT2D eigenvalue weighted by atomic mass is 10.0. The molecule has 1 heterocycles. The van der Waals surface area contributed by atoms with Crippen molar-refractivity contribution in [2.24, 2.45) is 0 Å². The third kappa shape index (κ3) is 8.07. The smallest absolute Gasteiger partial charge is 0.159 e. The van der Waals surface area contributed by atoms with Crippen molar-refractivity contribution in [3.63, 3.8) is 0 Å². The van der Waals surface area contributed by atoms with Gasteiger partial charge in [0.1, 0.15) is 5.82 Å². The molecule has 0 aliphatic carbocycles. The van der Waals surface area contributed by atoms with Crippen LogP contribution in [0.3, 0.4) is 0 Å². The summed E-state index contributed by atoms with van der Waals surface area (Å²) in [4.78, 5) is 9.02. The van der Waals surface area contributed by atoms with Gasteiger partial charge in [-0.1, -0.05) is 102 Å². The molecule has 0 aliphatic heterocycles. The van der Waals surface area contributed by atoms with Crippen molar-refractivity contribution in [1.29, 1.82) is 0 Å². The number of benzene rings is 2. The average molecular weight is 447 g/mol. The Bertz CT molecular complexity index is 948. The van der Waals surface area contributed by atoms with E-state index >= 15 is 0 Å². The van der Waals surface area contributed by atoms with Gasteiger partial charge in [0.05, 0.1) is 0 Å². The van der Waals surface area contributed by atoms with Crippen molar-refractivity contribution >= 4 is 0 Å². The van der Waals surface area contributed by atoms with Gasteiger partial charge in [-0.05, 0) is 48.4 Å². The van der Waals surface area contributed by atoms with E-state index < -0.39 is 0 Å². The second kappa shape index (κ2) is 13.9. The molecule has 2 nitrogen and oxygen atoms in total. The van der Waals surface area contributed by atoms with Gasteiger partial charge < -0.3 is 0 Å². The molecule has 3 heteroatoms. The summed E-state index contributed by atoms with van der Waals surface area (Å²) in [5.74, 6) is 0.410. The Balaban J connectivity index is 1.55. The number of hydrogen-bond acceptors (Lipinski definition) is 2. The summed E-state index contributed by atoms with van der Waals surface area (Å²) >= 11 is 0. The van der Waals surface area contributed by atoms with Crippen LogP contribution >= 0.6 is 0 Å². The normalized spacial score (nSPS) is 11.1. The van der Waals surface area contributed by atoms with Crippen LogP contribution < -0.4 is 0 Å². The summed E-state index contributed by atoms with van der Waals surface area (Å²) in [7, 11) is 0. The molecule has 176 valence electrons. The molecule has 0 radical (unpaired) electrons. The Morgan fingerprint density at radius 1 is 0.606 bits per heavy atom. The third-order valence-electron chi connectivity index (χ3n) is 6.37. The summed E-state index contributed by atoms with van der Waals surface area (Å²) in [6.45, 7) is 4.44. The molecule has 0 saturated heterocycles. The first kappa shape index (κ1) is 25.1. The molecule has 0 bridgehead atoms. The quantitative estimate of drug-likeness (QED) is 0.231. The highest BCUT2D eigenvalue weighted by molar-refractivity contribution is 5.64. The van der Waals surface area contributed by atoms with Crippen LogP contribution in [-0.4, -0.2) is 9.97 Å². The zero-order valence-electron chi connectivity index (χ0n) is 20.5. The highest BCUT2D eigenvalue weighted by Gasteiger charge is 2.08. The summed E-state index contributed by atoms with van der Waals surface area (Å²) in [5, 5.41) is 0. The molecule has 3 aromatic rings. The van der Waals surface area contributed by atoms with Gasteiger partial charge in [-0.2, -0.15) is 0 Å². The Hall–Kier alpha value is -2.55. The molecule has 2 aromatic carbocycles. The van der Waals surface area contributed by atoms with Crippen LogP contribution in [-0.2, 0) is 12.8 Å². The molecular formula is C30H39FN2. The maximum absolute atomic E-state index is 14.5. The molecule has 1 aromatic heterocycles. The van der Waals surface area contributed by atoms with Gasteiger partial charge in [-0.15, -0.1) is 0 Å². The zero-order valence-corrected chi connectivity index (χ0v) is 20.5. The lowest BCUT2D eigenvalue weighted by Crippen LogP contribution is -1.95. The highest BCUT2D eigenvalue weighted by Crippen LogP contribution is 2.23. The van der Waals surface area contributed by atoms with E-state index in [0.29, 0.717) is 5.82 Å². The highest BCUT2D eigenvalue weighted by atomic mass is 19.1. The second-order valence-electron chi connectivity index (χ2n) is 9.13. The Morgan fingerprint density at radius 2 is 1.18 bits per heavy atom. The molecule has 0 spiro atoms. The molecule has 33 heavy (non-hydrogen) atoms. The number of aromatic nitrogens is 2. The summed E-state index contributed by atoms with van der Waals surface area (Å²) in [6.07, 6.45) is 18.1. The molecule has 3 rings (SSSR count). The molecule has 0 fully saturated rings. The Morgan fingerprint density at radius 3 is 1.85 bits per heavy atom. The average Bonchev–Trinajstić information content (AvgIpc) is 2.85. The van der Waals surface area contributed by atoms with Crippen molar-refractivity contribution in [2.45, 2.75) is 90.9 Å². The lowest BCUT2D eigenvalue weighted by molar-refractivity contribution is 0.594. The molecule has 0 saturated carbocycles. The second-order valence-corrected chi connectivity index (χ2v) is 9.13. The van der Waals surface area contributed by atoms with Crippen molar-refractivity contribution < 1.29 is 4.39 Å². The molecular weight excluding hydrogens is 407 g/mol. The fourth-order valence-corrected chi connectivity index (χ4v) is 4.23. The van der Waals surface area contributed by atoms with E-state index in [1.165, 1.54) is 56.9 Å². The van der Waals surface area contributed by atoms with Gasteiger partial charge in [0, 0.05) is 23.5 Å². The number of halogens is 1. The molecule has 0 N–H and O–H groups in total. The van der Waals surface area contributed by atoms with Gasteiger partial charge in [0.25, 0.3) is 0 Å². The zero-order chi connectivity index (χ0) is 23.3. The minimum absolute atomic E-state index is 0.155. The number of unbranched alkanes of at least 4 members (excludes halogenated alkanes) is 8. The maximum Gasteiger partial charge on any atom is 0.159 e. The van der Waals surface area contributed by atoms with E-state index in [-0.39, 0.29) is 5.82 Å². The molecule has 0 atom stereocenters. The minimum Gasteiger partial charge on any atom is -0.236 e. The van der Waals surface area contributed by atoms with Crippen LogP contribution in [0.15, 0.2) is 54.9 Å². The number of aryl methyl sites for hydroxylation is 2. The molecule has 0 unspecified atom stereocenters. The predicted molar refractivity (Wildman–Crippen MR) is 138 cm³/mol. The third-order valence-corrected chi connectivity index (χ3v) is 6.37. The van der Waals surface area contributed by atoms with Crippen LogP contribution in [0.4, 0.5) is 4.39 Å². The standard InChI is InChI=1S/C30H39FN2/c1-3-5-7-9-10-11-13-24-15-17-25(18-16-24)28-22-32-30(33-23-28)27-20-19-26(29(31)21-27)14-12-8-6-4-2/h15-23H,3-14H2,1-2H3. The first-order valence-electron chi connectivity index (χ1n) is 12.9. The van der Waals surface area contributed by atoms with Gasteiger partial charge in [-0.25, -0.2) is 14.4 Å². The van der Waals surface area contributed by atoms with Crippen molar-refractivity contribution in [3.8, 4) is 22.5 Å². The predicted octanol–water partition coefficient (Wildman–Crippen LogP) is 8.98. The summed E-state index contributed by atoms with van der Waals surface area (Å²) in [5.41, 5.74) is 5.00. The fraction of sp³-hybridized carbons (Fsp3) is 0.467. The van der Waals surface area contributed by atoms with Crippen LogP contribution in [0, 0.1) is 5.82 Å². The van der Waals surface area contributed by atoms with E-state index in [4.69, 9.17) is 0 Å². The molecule has 0 amide bonds. The Labute approximate surface area is 199 Å². The van der Waals surface area contributed by atoms with Crippen molar-refractivity contribution in [2.75, 3.05) is 0 Å². The van der Waals surface area contributed by atoms with Gasteiger partial charge in [0.15, 0.2) is 5.82 Å². The van der Waals surface area contributed by atoms with Crippen LogP contribution in [0.2, 0.25) is 0 Å². The summed E-state index contributed by atoms with van der Waals surface area (Å²) < 4.78 is 14.5. The van der Waals surface area contributed by atoms with Crippen LogP contribution in [0.5, 0.6) is 0 Å². The van der Waals surface area contributed by atoms with Crippen LogP contribution in [0.1, 0.15) is 89.2 Å². The lowest BCUT2D eigenvalue weighted by Gasteiger charge is -2.07. The van der Waals surface area contributed by atoms with Crippen molar-refractivity contribution in [3.05, 3.63) is 71.8 Å². The van der Waals surface area contributed by atoms with Gasteiger partial charge in [0.2, 0.25) is 0 Å². The maximum atomic E-state index is 14.5. The number of rotatable bonds is 14. The fourth-order valence-electron chi connectivity index (χ4n) is 4.23. The molecule has 0 aliphatic rings. The minimum atomic E-state index is -0.155. The first-order valence-corrected chi connectivity index (χ1v) is 12.9. The topological polar surface area (TPSA) is 25.8 Å². The summed E-state index contributed by atoms with van der Waals surface area (Å²) in [6, 6.07) is 14.1. The van der Waals surface area contributed by atoms with E-state index in [1.54, 1.807) is 6.07 Å². The van der Waals surface area contributed by atoms with E-state index in [9.17, 15) is 4.39 Å².